The molecule has 192 valence electrons. The van der Waals surface area contributed by atoms with Gasteiger partial charge in [0.1, 0.15) is 23.1 Å². The highest BCUT2D eigenvalue weighted by Crippen LogP contribution is 2.32. The van der Waals surface area contributed by atoms with E-state index in [1.807, 2.05) is 32.2 Å². The quantitative estimate of drug-likeness (QED) is 0.398. The molecule has 0 aliphatic heterocycles. The maximum atomic E-state index is 15.4. The molecule has 0 radical (unpaired) electrons. The van der Waals surface area contributed by atoms with Crippen LogP contribution in [-0.2, 0) is 13.5 Å². The number of ether oxygens (including phenoxy) is 1. The summed E-state index contributed by atoms with van der Waals surface area (Å²) in [5, 5.41) is 7.14. The summed E-state index contributed by atoms with van der Waals surface area (Å²) in [7, 11) is 1.61. The molecule has 3 aromatic rings. The number of anilines is 1. The van der Waals surface area contributed by atoms with Crippen LogP contribution in [0.3, 0.4) is 0 Å². The number of halogens is 1. The summed E-state index contributed by atoms with van der Waals surface area (Å²) in [5.41, 5.74) is 0.180. The molecule has 1 fully saturated rings. The van der Waals surface area contributed by atoms with Gasteiger partial charge in [-0.15, -0.1) is 16.9 Å². The van der Waals surface area contributed by atoms with Crippen LogP contribution in [0.15, 0.2) is 46.1 Å². The minimum atomic E-state index is -0.724. The first-order valence-electron chi connectivity index (χ1n) is 12.4. The van der Waals surface area contributed by atoms with Crippen molar-refractivity contribution in [2.45, 2.75) is 63.4 Å². The van der Waals surface area contributed by atoms with Crippen molar-refractivity contribution >= 4 is 23.4 Å². The molecule has 1 amide bonds. The van der Waals surface area contributed by atoms with Crippen molar-refractivity contribution in [3.8, 4) is 11.4 Å². The van der Waals surface area contributed by atoms with Gasteiger partial charge < -0.3 is 10.1 Å². The molecule has 0 bridgehead atoms. The maximum Gasteiger partial charge on any atom is 0.350 e. The number of carbonyl (C=O) groups is 1. The Morgan fingerprint density at radius 3 is 2.53 bits per heavy atom. The molecular formula is C27H33FN4O3S. The van der Waals surface area contributed by atoms with E-state index in [1.54, 1.807) is 30.9 Å². The Morgan fingerprint density at radius 2 is 1.92 bits per heavy atom. The van der Waals surface area contributed by atoms with Gasteiger partial charge in [-0.05, 0) is 62.3 Å². The topological polar surface area (TPSA) is 78.2 Å². The zero-order chi connectivity index (χ0) is 25.8. The summed E-state index contributed by atoms with van der Waals surface area (Å²) in [6.45, 7) is 3.87. The highest BCUT2D eigenvalue weighted by Gasteiger charge is 2.26. The molecule has 1 aliphatic rings. The van der Waals surface area contributed by atoms with Crippen molar-refractivity contribution in [3.63, 3.8) is 0 Å². The average molecular weight is 513 g/mol. The fraction of sp³-hybridized carbons (Fsp3) is 0.444. The maximum absolute atomic E-state index is 15.4. The standard InChI is InChI=1S/C27H33FN4O3S/c1-5-25-30-32(27(34)31(25)3)23-16-24(35-17(2)18-9-7-6-8-10-18)21(15-22(23)28)26(33)29-19-11-13-20(36-4)14-12-19/h11-18H,5-10H2,1-4H3,(H,29,33). The summed E-state index contributed by atoms with van der Waals surface area (Å²) in [6.07, 6.45) is 7.96. The number of aryl methyl sites for hydroxylation is 1. The zero-order valence-electron chi connectivity index (χ0n) is 21.2. The van der Waals surface area contributed by atoms with Crippen molar-refractivity contribution in [2.24, 2.45) is 13.0 Å². The summed E-state index contributed by atoms with van der Waals surface area (Å²) < 4.78 is 24.1. The van der Waals surface area contributed by atoms with Crippen LogP contribution in [0.1, 0.15) is 62.1 Å². The third kappa shape index (κ3) is 5.51. The van der Waals surface area contributed by atoms with Crippen molar-refractivity contribution in [1.82, 2.24) is 14.3 Å². The predicted molar refractivity (Wildman–Crippen MR) is 141 cm³/mol. The SMILES string of the molecule is CCc1nn(-c2cc(OC(C)C3CCCCC3)c(C(=O)Nc3ccc(SC)cc3)cc2F)c(=O)n1C. The lowest BCUT2D eigenvalue weighted by Gasteiger charge is -2.29. The Bertz CT molecular complexity index is 1280. The Morgan fingerprint density at radius 1 is 1.22 bits per heavy atom. The molecule has 36 heavy (non-hydrogen) atoms. The minimum absolute atomic E-state index is 0.0398. The van der Waals surface area contributed by atoms with E-state index < -0.39 is 17.4 Å². The molecule has 0 saturated heterocycles. The van der Waals surface area contributed by atoms with Crippen molar-refractivity contribution in [1.29, 1.82) is 0 Å². The molecule has 7 nitrogen and oxygen atoms in total. The largest absolute Gasteiger partial charge is 0.490 e. The van der Waals surface area contributed by atoms with E-state index in [0.29, 0.717) is 23.9 Å². The molecule has 1 unspecified atom stereocenters. The highest BCUT2D eigenvalue weighted by molar-refractivity contribution is 7.98. The van der Waals surface area contributed by atoms with E-state index in [2.05, 4.69) is 10.4 Å². The Hall–Kier alpha value is -3.07. The van der Waals surface area contributed by atoms with E-state index in [4.69, 9.17) is 4.74 Å². The van der Waals surface area contributed by atoms with Gasteiger partial charge >= 0.3 is 5.69 Å². The summed E-state index contributed by atoms with van der Waals surface area (Å²) >= 11 is 1.60. The van der Waals surface area contributed by atoms with Crippen molar-refractivity contribution in [3.05, 3.63) is 64.1 Å². The third-order valence-electron chi connectivity index (χ3n) is 6.88. The first kappa shape index (κ1) is 26.0. The molecule has 2 aromatic carbocycles. The minimum Gasteiger partial charge on any atom is -0.490 e. The van der Waals surface area contributed by atoms with E-state index in [1.165, 1.54) is 17.1 Å². The smallest absolute Gasteiger partial charge is 0.350 e. The highest BCUT2D eigenvalue weighted by atomic mass is 32.2. The van der Waals surface area contributed by atoms with Crippen LogP contribution in [0.5, 0.6) is 5.75 Å². The first-order chi connectivity index (χ1) is 17.3. The molecule has 4 rings (SSSR count). The Labute approximate surface area is 215 Å². The second-order valence-electron chi connectivity index (χ2n) is 9.23. The number of rotatable bonds is 8. The summed E-state index contributed by atoms with van der Waals surface area (Å²) in [4.78, 5) is 27.1. The number of thioether (sulfide) groups is 1. The van der Waals surface area contributed by atoms with E-state index in [9.17, 15) is 9.59 Å². The van der Waals surface area contributed by atoms with E-state index in [0.717, 1.165) is 41.3 Å². The van der Waals surface area contributed by atoms with Gasteiger partial charge in [0.25, 0.3) is 5.91 Å². The van der Waals surface area contributed by atoms with Crippen molar-refractivity contribution in [2.75, 3.05) is 11.6 Å². The zero-order valence-corrected chi connectivity index (χ0v) is 22.0. The molecule has 1 saturated carbocycles. The molecule has 1 aromatic heterocycles. The molecule has 1 atom stereocenters. The van der Waals surface area contributed by atoms with Crippen LogP contribution in [0.4, 0.5) is 10.1 Å². The lowest BCUT2D eigenvalue weighted by molar-refractivity contribution is 0.0997. The molecule has 1 heterocycles. The van der Waals surface area contributed by atoms with Gasteiger partial charge in [0.2, 0.25) is 0 Å². The molecular weight excluding hydrogens is 479 g/mol. The number of amides is 1. The second kappa shape index (κ2) is 11.3. The van der Waals surface area contributed by atoms with Gasteiger partial charge in [-0.2, -0.15) is 4.68 Å². The molecule has 1 aliphatic carbocycles. The van der Waals surface area contributed by atoms with Gasteiger partial charge in [0, 0.05) is 30.1 Å². The van der Waals surface area contributed by atoms with Gasteiger partial charge in [-0.25, -0.2) is 9.18 Å². The number of hydrogen-bond donors (Lipinski definition) is 1. The second-order valence-corrected chi connectivity index (χ2v) is 10.1. The lowest BCUT2D eigenvalue weighted by atomic mass is 9.86. The third-order valence-corrected chi connectivity index (χ3v) is 7.63. The van der Waals surface area contributed by atoms with Crippen LogP contribution in [-0.4, -0.2) is 32.6 Å². The number of benzene rings is 2. The number of aromatic nitrogens is 3. The number of hydrogen-bond acceptors (Lipinski definition) is 5. The van der Waals surface area contributed by atoms with Crippen LogP contribution in [0, 0.1) is 11.7 Å². The molecule has 9 heteroatoms. The van der Waals surface area contributed by atoms with E-state index >= 15 is 4.39 Å². The Kier molecular flexibility index (Phi) is 8.18. The van der Waals surface area contributed by atoms with Gasteiger partial charge in [0.15, 0.2) is 0 Å². The predicted octanol–water partition coefficient (Wildman–Crippen LogP) is 5.59. The first-order valence-corrected chi connectivity index (χ1v) is 13.7. The normalized spacial score (nSPS) is 15.0. The Balaban J connectivity index is 1.72. The van der Waals surface area contributed by atoms with Gasteiger partial charge in [-0.1, -0.05) is 26.2 Å². The number of carbonyl (C=O) groups excluding carboxylic acids is 1. The van der Waals surface area contributed by atoms with Crippen LogP contribution in [0.2, 0.25) is 0 Å². The summed E-state index contributed by atoms with van der Waals surface area (Å²) in [6, 6.07) is 9.99. The number of nitrogens with one attached hydrogen (secondary N) is 1. The monoisotopic (exact) mass is 512 g/mol. The molecule has 0 spiro atoms. The van der Waals surface area contributed by atoms with E-state index in [-0.39, 0.29) is 23.1 Å². The fourth-order valence-electron chi connectivity index (χ4n) is 4.70. The van der Waals surface area contributed by atoms with Crippen LogP contribution in [0.25, 0.3) is 5.69 Å². The van der Waals surface area contributed by atoms with Crippen molar-refractivity contribution < 1.29 is 13.9 Å². The van der Waals surface area contributed by atoms with Crippen LogP contribution < -0.4 is 15.7 Å². The molecule has 1 N–H and O–H groups in total. The summed E-state index contributed by atoms with van der Waals surface area (Å²) in [5.74, 6) is -0.0815. The van der Waals surface area contributed by atoms with Crippen LogP contribution >= 0.6 is 11.8 Å². The lowest BCUT2D eigenvalue weighted by Crippen LogP contribution is -2.27. The number of nitrogens with zero attached hydrogens (tertiary/aromatic N) is 3. The van der Waals surface area contributed by atoms with Gasteiger partial charge in [0.05, 0.1) is 11.7 Å². The van der Waals surface area contributed by atoms with Gasteiger partial charge in [-0.3, -0.25) is 9.36 Å². The average Bonchev–Trinajstić information content (AvgIpc) is 3.18. The fourth-order valence-corrected chi connectivity index (χ4v) is 5.10.